The lowest BCUT2D eigenvalue weighted by molar-refractivity contribution is -0.0334. The minimum Gasteiger partial charge on any atom is -0.508 e. The Morgan fingerprint density at radius 1 is 0.600 bits per heavy atom. The summed E-state index contributed by atoms with van der Waals surface area (Å²) in [7, 11) is 0. The highest BCUT2D eigenvalue weighted by atomic mass is 16.6. The molecule has 0 spiro atoms. The van der Waals surface area contributed by atoms with Gasteiger partial charge in [0.1, 0.15) is 22.5 Å². The molecule has 11 nitrogen and oxygen atoms in total. The summed E-state index contributed by atoms with van der Waals surface area (Å²) in [4.78, 5) is 20.1. The Kier molecular flexibility index (Phi) is 9.13. The van der Waals surface area contributed by atoms with Crippen molar-refractivity contribution in [2.75, 3.05) is 26.4 Å². The number of rotatable bonds is 2. The monoisotopic (exact) mass is 546 g/mol. The van der Waals surface area contributed by atoms with Gasteiger partial charge in [-0.2, -0.15) is 0 Å². The molecule has 6 rings (SSSR count). The molecule has 1 saturated heterocycles. The summed E-state index contributed by atoms with van der Waals surface area (Å²) in [6.45, 7) is 3.11. The number of ether oxygens (including phenoxy) is 2. The molecule has 5 aromatic rings. The van der Waals surface area contributed by atoms with Crippen LogP contribution in [0, 0.1) is 0 Å². The van der Waals surface area contributed by atoms with Gasteiger partial charge in [0.2, 0.25) is 11.2 Å². The van der Waals surface area contributed by atoms with E-state index in [2.05, 4.69) is 9.97 Å². The first kappa shape index (κ1) is 27.9. The number of fused-ring (bicyclic) bond motifs is 1. The van der Waals surface area contributed by atoms with E-state index in [9.17, 15) is 30.3 Å². The second-order valence-corrected chi connectivity index (χ2v) is 8.35. The van der Waals surface area contributed by atoms with Crippen LogP contribution in [0.1, 0.15) is 0 Å². The third kappa shape index (κ3) is 6.84. The second kappa shape index (κ2) is 13.1. The minimum atomic E-state index is -0.888. The van der Waals surface area contributed by atoms with Crippen LogP contribution in [-0.2, 0) is 9.47 Å². The van der Waals surface area contributed by atoms with Gasteiger partial charge in [-0.05, 0) is 53.6 Å². The van der Waals surface area contributed by atoms with Gasteiger partial charge in [-0.25, -0.2) is 0 Å². The van der Waals surface area contributed by atoms with E-state index in [1.54, 1.807) is 24.8 Å². The van der Waals surface area contributed by atoms with Gasteiger partial charge in [-0.3, -0.25) is 14.8 Å². The molecule has 0 bridgehead atoms. The van der Waals surface area contributed by atoms with Crippen LogP contribution in [0.25, 0.3) is 33.4 Å². The molecule has 0 unspecified atom stereocenters. The zero-order valence-electron chi connectivity index (χ0n) is 21.1. The smallest absolute Gasteiger partial charge is 0.238 e. The van der Waals surface area contributed by atoms with Crippen molar-refractivity contribution in [3.8, 4) is 51.2 Å². The normalized spacial score (nSPS) is 12.5. The average molecular weight is 547 g/mol. The zero-order valence-corrected chi connectivity index (χ0v) is 21.1. The molecule has 5 N–H and O–H groups in total. The van der Waals surface area contributed by atoms with E-state index >= 15 is 0 Å². The van der Waals surface area contributed by atoms with Crippen LogP contribution in [0.5, 0.6) is 28.7 Å². The number of phenols is 4. The average Bonchev–Trinajstić information content (AvgIpc) is 2.98. The molecule has 3 aromatic heterocycles. The molecule has 0 saturated carbocycles. The van der Waals surface area contributed by atoms with Crippen molar-refractivity contribution in [2.45, 2.75) is 0 Å². The maximum absolute atomic E-state index is 12.1. The number of aromatic nitrogens is 2. The largest absolute Gasteiger partial charge is 0.508 e. The molecule has 4 heterocycles. The molecule has 1 aliphatic heterocycles. The predicted molar refractivity (Wildman–Crippen MR) is 145 cm³/mol. The summed E-state index contributed by atoms with van der Waals surface area (Å²) < 4.78 is 15.2. The van der Waals surface area contributed by atoms with Crippen LogP contribution in [0.15, 0.2) is 88.6 Å². The SMILES string of the molecule is C1COCCO1.O=c1c(O)c(-c2ccc(O)c(O)c2)oc2cc(O)cc(O)c12.c1cc(-c2ccncc2)ccn1. The number of pyridine rings is 2. The van der Waals surface area contributed by atoms with Gasteiger partial charge in [-0.1, -0.05) is 0 Å². The zero-order chi connectivity index (χ0) is 28.5. The maximum atomic E-state index is 12.1. The quantitative estimate of drug-likeness (QED) is 0.201. The van der Waals surface area contributed by atoms with Gasteiger partial charge in [0.05, 0.1) is 26.4 Å². The Bertz CT molecular complexity index is 1570. The van der Waals surface area contributed by atoms with Crippen molar-refractivity contribution in [1.82, 2.24) is 9.97 Å². The van der Waals surface area contributed by atoms with Crippen molar-refractivity contribution in [3.63, 3.8) is 0 Å². The van der Waals surface area contributed by atoms with E-state index in [0.29, 0.717) is 0 Å². The summed E-state index contributed by atoms with van der Waals surface area (Å²) in [5, 5.41) is 47.6. The van der Waals surface area contributed by atoms with Gasteiger partial charge in [0.25, 0.3) is 0 Å². The lowest BCUT2D eigenvalue weighted by atomic mass is 10.1. The highest BCUT2D eigenvalue weighted by Gasteiger charge is 2.19. The van der Waals surface area contributed by atoms with Crippen molar-refractivity contribution in [3.05, 3.63) is 89.6 Å². The summed E-state index contributed by atoms with van der Waals surface area (Å²) in [6.07, 6.45) is 7.15. The number of aromatic hydroxyl groups is 5. The summed E-state index contributed by atoms with van der Waals surface area (Å²) in [5.41, 5.74) is 1.46. The molecule has 1 fully saturated rings. The lowest BCUT2D eigenvalue weighted by Gasteiger charge is -2.09. The van der Waals surface area contributed by atoms with Crippen LogP contribution >= 0.6 is 0 Å². The predicted octanol–water partition coefficient (Wildman–Crippen LogP) is 4.16. The Morgan fingerprint density at radius 2 is 1.15 bits per heavy atom. The third-order valence-corrected chi connectivity index (χ3v) is 5.61. The Morgan fingerprint density at radius 3 is 1.65 bits per heavy atom. The van der Waals surface area contributed by atoms with E-state index in [1.807, 2.05) is 24.3 Å². The molecule has 1 aliphatic rings. The van der Waals surface area contributed by atoms with Crippen molar-refractivity contribution >= 4 is 11.0 Å². The van der Waals surface area contributed by atoms with Crippen molar-refractivity contribution in [1.29, 1.82) is 0 Å². The Hall–Kier alpha value is -5.13. The number of benzene rings is 2. The van der Waals surface area contributed by atoms with E-state index in [0.717, 1.165) is 50.7 Å². The third-order valence-electron chi connectivity index (χ3n) is 5.61. The van der Waals surface area contributed by atoms with Crippen LogP contribution in [0.4, 0.5) is 0 Å². The Balaban J connectivity index is 0.000000170. The van der Waals surface area contributed by atoms with Gasteiger partial charge in [0.15, 0.2) is 17.3 Å². The fourth-order valence-corrected chi connectivity index (χ4v) is 3.66. The molecule has 0 atom stereocenters. The van der Waals surface area contributed by atoms with Crippen LogP contribution in [0.2, 0.25) is 0 Å². The van der Waals surface area contributed by atoms with E-state index in [4.69, 9.17) is 13.9 Å². The fraction of sp³-hybridized carbons (Fsp3) is 0.138. The van der Waals surface area contributed by atoms with E-state index in [-0.39, 0.29) is 33.8 Å². The number of hydrogen-bond acceptors (Lipinski definition) is 11. The molecule has 11 heteroatoms. The minimum absolute atomic E-state index is 0.134. The fourth-order valence-electron chi connectivity index (χ4n) is 3.66. The maximum Gasteiger partial charge on any atom is 0.238 e. The molecule has 40 heavy (non-hydrogen) atoms. The molecular weight excluding hydrogens is 520 g/mol. The van der Waals surface area contributed by atoms with Gasteiger partial charge < -0.3 is 39.4 Å². The van der Waals surface area contributed by atoms with Crippen LogP contribution in [0.3, 0.4) is 0 Å². The summed E-state index contributed by atoms with van der Waals surface area (Å²) in [5.74, 6) is -2.71. The highest BCUT2D eigenvalue weighted by Crippen LogP contribution is 2.37. The molecule has 0 aliphatic carbocycles. The van der Waals surface area contributed by atoms with E-state index in [1.165, 1.54) is 17.2 Å². The number of phenolic OH excluding ortho intramolecular Hbond substituents is 4. The summed E-state index contributed by atoms with van der Waals surface area (Å²) in [6, 6.07) is 13.6. The molecule has 2 aromatic carbocycles. The molecular formula is C29H26N2O9. The number of hydrogen-bond donors (Lipinski definition) is 5. The van der Waals surface area contributed by atoms with Gasteiger partial charge >= 0.3 is 0 Å². The number of nitrogens with zero attached hydrogens (tertiary/aromatic N) is 2. The molecule has 0 radical (unpaired) electrons. The lowest BCUT2D eigenvalue weighted by Crippen LogP contribution is -2.16. The summed E-state index contributed by atoms with van der Waals surface area (Å²) >= 11 is 0. The first-order valence-electron chi connectivity index (χ1n) is 12.0. The second-order valence-electron chi connectivity index (χ2n) is 8.35. The van der Waals surface area contributed by atoms with E-state index < -0.39 is 22.7 Å². The van der Waals surface area contributed by atoms with Crippen molar-refractivity contribution in [2.24, 2.45) is 0 Å². The van der Waals surface area contributed by atoms with Crippen LogP contribution < -0.4 is 5.43 Å². The van der Waals surface area contributed by atoms with Gasteiger partial charge in [0, 0.05) is 42.5 Å². The molecule has 206 valence electrons. The van der Waals surface area contributed by atoms with Crippen molar-refractivity contribution < 1.29 is 39.4 Å². The first-order chi connectivity index (χ1) is 19.3. The topological polar surface area (TPSA) is 176 Å². The standard InChI is InChI=1S/C15H10O7.C10H8N2.C4H8O2/c16-7-4-10(19)12-11(5-7)22-15(14(21)13(12)20)6-1-2-8(17)9(18)3-6;1-5-11-6-2-9(1)10-3-7-12-8-4-10;1-2-6-4-3-5-1/h1-5,16-19,21H;1-8H;1-4H2. The van der Waals surface area contributed by atoms with Crippen LogP contribution in [-0.4, -0.2) is 61.9 Å². The molecule has 0 amide bonds. The van der Waals surface area contributed by atoms with Gasteiger partial charge in [-0.15, -0.1) is 0 Å². The first-order valence-corrected chi connectivity index (χ1v) is 12.0. The Labute approximate surface area is 227 Å². The highest BCUT2D eigenvalue weighted by molar-refractivity contribution is 5.88.